The second-order valence-electron chi connectivity index (χ2n) is 3.65. The van der Waals surface area contributed by atoms with E-state index in [1.807, 2.05) is 36.0 Å². The molecule has 0 aliphatic carbocycles. The van der Waals surface area contributed by atoms with E-state index in [4.69, 9.17) is 22.4 Å². The molecule has 0 saturated heterocycles. The van der Waals surface area contributed by atoms with E-state index in [-0.39, 0.29) is 12.6 Å². The van der Waals surface area contributed by atoms with Gasteiger partial charge in [-0.2, -0.15) is 0 Å². The largest absolute Gasteiger partial charge is 0.394 e. The summed E-state index contributed by atoms with van der Waals surface area (Å²) < 4.78 is 1.96. The highest BCUT2D eigenvalue weighted by Gasteiger charge is 2.12. The monoisotopic (exact) mass is 224 g/mol. The van der Waals surface area contributed by atoms with Gasteiger partial charge < -0.3 is 15.4 Å². The molecule has 3 N–H and O–H groups in total. The lowest BCUT2D eigenvalue weighted by Crippen LogP contribution is -2.13. The molecule has 1 unspecified atom stereocenters. The summed E-state index contributed by atoms with van der Waals surface area (Å²) in [5, 5.41) is 10.8. The second kappa shape index (κ2) is 3.85. The maximum absolute atomic E-state index is 9.05. The third-order valence-electron chi connectivity index (χ3n) is 2.58. The average molecular weight is 225 g/mol. The van der Waals surface area contributed by atoms with Gasteiger partial charge in [0.25, 0.3) is 0 Å². The molecule has 1 atom stereocenters. The normalized spacial score (nSPS) is 13.3. The Balaban J connectivity index is 2.68. The van der Waals surface area contributed by atoms with Crippen molar-refractivity contribution < 1.29 is 5.11 Å². The molecule has 15 heavy (non-hydrogen) atoms. The molecule has 0 amide bonds. The number of hydrogen-bond acceptors (Lipinski definition) is 2. The quantitative estimate of drug-likeness (QED) is 0.818. The van der Waals surface area contributed by atoms with Gasteiger partial charge >= 0.3 is 0 Å². The highest BCUT2D eigenvalue weighted by atomic mass is 35.5. The number of aliphatic hydroxyl groups excluding tert-OH is 1. The third-order valence-corrected chi connectivity index (χ3v) is 2.81. The summed E-state index contributed by atoms with van der Waals surface area (Å²) in [5.74, 6) is 0. The van der Waals surface area contributed by atoms with Crippen LogP contribution in [-0.2, 0) is 7.05 Å². The zero-order chi connectivity index (χ0) is 11.0. The molecule has 1 aromatic carbocycles. The predicted octanol–water partition coefficient (Wildman–Crippen LogP) is 1.82. The van der Waals surface area contributed by atoms with Crippen LogP contribution in [0.3, 0.4) is 0 Å². The number of aryl methyl sites for hydroxylation is 1. The smallest absolute Gasteiger partial charge is 0.0625 e. The fourth-order valence-corrected chi connectivity index (χ4v) is 1.95. The molecule has 0 fully saturated rings. The molecule has 1 heterocycles. The summed E-state index contributed by atoms with van der Waals surface area (Å²) in [4.78, 5) is 0. The summed E-state index contributed by atoms with van der Waals surface area (Å²) >= 11 is 5.92. The van der Waals surface area contributed by atoms with E-state index < -0.39 is 0 Å². The fraction of sp³-hybridized carbons (Fsp3) is 0.273. The van der Waals surface area contributed by atoms with Crippen molar-refractivity contribution in [1.82, 2.24) is 4.57 Å². The minimum atomic E-state index is -0.338. The van der Waals surface area contributed by atoms with Crippen LogP contribution in [0.15, 0.2) is 24.4 Å². The van der Waals surface area contributed by atoms with Crippen molar-refractivity contribution in [3.05, 3.63) is 35.0 Å². The molecule has 0 radical (unpaired) electrons. The zero-order valence-electron chi connectivity index (χ0n) is 8.44. The van der Waals surface area contributed by atoms with Gasteiger partial charge in [-0.1, -0.05) is 17.7 Å². The number of nitrogens with zero attached hydrogens (tertiary/aromatic N) is 1. The van der Waals surface area contributed by atoms with E-state index in [0.29, 0.717) is 5.02 Å². The first-order valence-electron chi connectivity index (χ1n) is 4.74. The topological polar surface area (TPSA) is 51.2 Å². The van der Waals surface area contributed by atoms with Crippen LogP contribution in [0, 0.1) is 0 Å². The summed E-state index contributed by atoms with van der Waals surface area (Å²) in [6.07, 6.45) is 1.93. The molecule has 1 aromatic heterocycles. The highest BCUT2D eigenvalue weighted by Crippen LogP contribution is 2.27. The Kier molecular flexibility index (Phi) is 2.69. The minimum absolute atomic E-state index is 0.0538. The molecule has 2 rings (SSSR count). The van der Waals surface area contributed by atoms with Crippen LogP contribution in [0.5, 0.6) is 0 Å². The number of halogens is 1. The standard InChI is InChI=1S/C11H13ClN2O/c1-14-5-9(10(13)6-15)8-3-2-7(12)4-11(8)14/h2-5,10,15H,6,13H2,1H3. The summed E-state index contributed by atoms with van der Waals surface area (Å²) in [6, 6.07) is 5.32. The lowest BCUT2D eigenvalue weighted by molar-refractivity contribution is 0.268. The van der Waals surface area contributed by atoms with Gasteiger partial charge in [0.15, 0.2) is 0 Å². The van der Waals surface area contributed by atoms with Crippen LogP contribution in [0.25, 0.3) is 10.9 Å². The van der Waals surface area contributed by atoms with Gasteiger partial charge in [0, 0.05) is 29.2 Å². The lowest BCUT2D eigenvalue weighted by Gasteiger charge is -2.05. The predicted molar refractivity (Wildman–Crippen MR) is 61.9 cm³/mol. The van der Waals surface area contributed by atoms with Crippen molar-refractivity contribution in [2.24, 2.45) is 12.8 Å². The van der Waals surface area contributed by atoms with Gasteiger partial charge in [-0.15, -0.1) is 0 Å². The molecule has 80 valence electrons. The van der Waals surface area contributed by atoms with Crippen molar-refractivity contribution in [2.75, 3.05) is 6.61 Å². The summed E-state index contributed by atoms with van der Waals surface area (Å²) in [5.41, 5.74) is 7.80. The Morgan fingerprint density at radius 1 is 1.53 bits per heavy atom. The number of fused-ring (bicyclic) bond motifs is 1. The Bertz CT molecular complexity index is 493. The molecule has 0 aliphatic heterocycles. The molecule has 0 saturated carbocycles. The zero-order valence-corrected chi connectivity index (χ0v) is 9.20. The van der Waals surface area contributed by atoms with Crippen LogP contribution < -0.4 is 5.73 Å². The lowest BCUT2D eigenvalue weighted by atomic mass is 10.1. The molecule has 0 aliphatic rings. The van der Waals surface area contributed by atoms with Crippen LogP contribution >= 0.6 is 11.6 Å². The van der Waals surface area contributed by atoms with Crippen molar-refractivity contribution in [2.45, 2.75) is 6.04 Å². The Morgan fingerprint density at radius 3 is 2.93 bits per heavy atom. The van der Waals surface area contributed by atoms with Crippen molar-refractivity contribution in [3.8, 4) is 0 Å². The second-order valence-corrected chi connectivity index (χ2v) is 4.08. The number of hydrogen-bond donors (Lipinski definition) is 2. The van der Waals surface area contributed by atoms with Gasteiger partial charge in [-0.05, 0) is 17.7 Å². The molecular formula is C11H13ClN2O. The minimum Gasteiger partial charge on any atom is -0.394 e. The average Bonchev–Trinajstić information content (AvgIpc) is 2.55. The van der Waals surface area contributed by atoms with Crippen LogP contribution in [-0.4, -0.2) is 16.3 Å². The van der Waals surface area contributed by atoms with Crippen molar-refractivity contribution >= 4 is 22.5 Å². The summed E-state index contributed by atoms with van der Waals surface area (Å²) in [7, 11) is 1.94. The van der Waals surface area contributed by atoms with E-state index in [2.05, 4.69) is 0 Å². The Labute approximate surface area is 93.1 Å². The fourth-order valence-electron chi connectivity index (χ4n) is 1.78. The van der Waals surface area contributed by atoms with Crippen LogP contribution in [0.4, 0.5) is 0 Å². The number of aliphatic hydroxyl groups is 1. The maximum atomic E-state index is 9.05. The van der Waals surface area contributed by atoms with Gasteiger partial charge in [0.05, 0.1) is 12.6 Å². The first kappa shape index (κ1) is 10.5. The molecular weight excluding hydrogens is 212 g/mol. The molecule has 0 bridgehead atoms. The first-order chi connectivity index (χ1) is 7.13. The maximum Gasteiger partial charge on any atom is 0.0625 e. The van der Waals surface area contributed by atoms with Crippen molar-refractivity contribution in [3.63, 3.8) is 0 Å². The van der Waals surface area contributed by atoms with Crippen LogP contribution in [0.1, 0.15) is 11.6 Å². The van der Waals surface area contributed by atoms with E-state index in [1.165, 1.54) is 0 Å². The Morgan fingerprint density at radius 2 is 2.27 bits per heavy atom. The SMILES string of the molecule is Cn1cc(C(N)CO)c2ccc(Cl)cc21. The van der Waals surface area contributed by atoms with Crippen LogP contribution in [0.2, 0.25) is 5.02 Å². The number of aromatic nitrogens is 1. The van der Waals surface area contributed by atoms with Gasteiger partial charge in [-0.25, -0.2) is 0 Å². The first-order valence-corrected chi connectivity index (χ1v) is 5.12. The third kappa shape index (κ3) is 1.74. The van der Waals surface area contributed by atoms with E-state index in [0.717, 1.165) is 16.5 Å². The number of rotatable bonds is 2. The summed E-state index contributed by atoms with van der Waals surface area (Å²) in [6.45, 7) is -0.0538. The highest BCUT2D eigenvalue weighted by molar-refractivity contribution is 6.31. The number of benzene rings is 1. The molecule has 4 heteroatoms. The number of nitrogens with two attached hydrogens (primary N) is 1. The Hall–Kier alpha value is -1.03. The van der Waals surface area contributed by atoms with E-state index in [9.17, 15) is 0 Å². The van der Waals surface area contributed by atoms with Crippen molar-refractivity contribution in [1.29, 1.82) is 0 Å². The van der Waals surface area contributed by atoms with Gasteiger partial charge in [0.2, 0.25) is 0 Å². The van der Waals surface area contributed by atoms with E-state index in [1.54, 1.807) is 0 Å². The molecule has 2 aromatic rings. The van der Waals surface area contributed by atoms with Gasteiger partial charge in [0.1, 0.15) is 0 Å². The van der Waals surface area contributed by atoms with Gasteiger partial charge in [-0.3, -0.25) is 0 Å². The molecule has 3 nitrogen and oxygen atoms in total. The molecule has 0 spiro atoms. The van der Waals surface area contributed by atoms with E-state index >= 15 is 0 Å².